The Labute approximate surface area is 162 Å². The number of ether oxygens (including phenoxy) is 1. The predicted octanol–water partition coefficient (Wildman–Crippen LogP) is 5.18. The van der Waals surface area contributed by atoms with E-state index >= 15 is 0 Å². The molecule has 2 aromatic rings. The fourth-order valence-electron chi connectivity index (χ4n) is 6.02. The lowest BCUT2D eigenvalue weighted by atomic mass is 9.43. The van der Waals surface area contributed by atoms with Crippen molar-refractivity contribution in [2.24, 2.45) is 17.3 Å². The minimum absolute atomic E-state index is 0.178. The van der Waals surface area contributed by atoms with Gasteiger partial charge in [-0.1, -0.05) is 56.3 Å². The van der Waals surface area contributed by atoms with Gasteiger partial charge in [0.15, 0.2) is 0 Å². The smallest absolute Gasteiger partial charge is 0.403 e. The summed E-state index contributed by atoms with van der Waals surface area (Å²) in [5, 5.41) is 2.44. The minimum atomic E-state index is -0.346. The van der Waals surface area contributed by atoms with Crippen molar-refractivity contribution in [2.75, 3.05) is 6.61 Å². The highest BCUT2D eigenvalue weighted by molar-refractivity contribution is 6.47. The average Bonchev–Trinajstić information content (AvgIpc) is 3.02. The second-order valence-electron chi connectivity index (χ2n) is 9.28. The van der Waals surface area contributed by atoms with Gasteiger partial charge in [-0.25, -0.2) is 0 Å². The molecule has 1 heterocycles. The van der Waals surface area contributed by atoms with E-state index in [0.717, 1.165) is 17.9 Å². The maximum atomic E-state index is 6.71. The first-order valence-corrected chi connectivity index (χ1v) is 10.4. The molecule has 3 aliphatic carbocycles. The quantitative estimate of drug-likeness (QED) is 0.700. The van der Waals surface area contributed by atoms with E-state index in [0.29, 0.717) is 17.9 Å². The highest BCUT2D eigenvalue weighted by Crippen LogP contribution is 2.66. The molecule has 0 N–H and O–H groups in total. The fraction of sp³-hybridized carbons (Fsp3) is 0.565. The number of benzene rings is 2. The van der Waals surface area contributed by atoms with Crippen LogP contribution in [0.2, 0.25) is 0 Å². The summed E-state index contributed by atoms with van der Waals surface area (Å²) in [7, 11) is -0.346. The van der Waals surface area contributed by atoms with Crippen LogP contribution in [0.25, 0.3) is 10.8 Å². The minimum Gasteiger partial charge on any atom is -0.403 e. The molecule has 2 bridgehead atoms. The fourth-order valence-corrected chi connectivity index (χ4v) is 6.02. The Morgan fingerprint density at radius 1 is 1.11 bits per heavy atom. The number of hydrogen-bond acceptors (Lipinski definition) is 3. The molecule has 0 radical (unpaired) electrons. The van der Waals surface area contributed by atoms with E-state index in [1.54, 1.807) is 0 Å². The molecule has 3 saturated carbocycles. The summed E-state index contributed by atoms with van der Waals surface area (Å²) in [6.07, 6.45) is 2.55. The maximum absolute atomic E-state index is 6.71. The molecule has 142 valence electrons. The molecule has 3 nitrogen and oxygen atoms in total. The van der Waals surface area contributed by atoms with Crippen molar-refractivity contribution < 1.29 is 14.0 Å². The van der Waals surface area contributed by atoms with Crippen molar-refractivity contribution in [2.45, 2.75) is 58.2 Å². The first-order chi connectivity index (χ1) is 12.9. The summed E-state index contributed by atoms with van der Waals surface area (Å²) < 4.78 is 19.5. The van der Waals surface area contributed by atoms with Crippen LogP contribution in [0.1, 0.15) is 52.1 Å². The summed E-state index contributed by atoms with van der Waals surface area (Å²) in [4.78, 5) is 0. The van der Waals surface area contributed by atoms with Crippen LogP contribution in [0.5, 0.6) is 0 Å². The van der Waals surface area contributed by atoms with Gasteiger partial charge in [-0.05, 0) is 60.3 Å². The van der Waals surface area contributed by atoms with Crippen molar-refractivity contribution in [1.29, 1.82) is 0 Å². The molecule has 0 amide bonds. The van der Waals surface area contributed by atoms with E-state index in [9.17, 15) is 0 Å². The van der Waals surface area contributed by atoms with Crippen molar-refractivity contribution in [1.82, 2.24) is 0 Å². The zero-order chi connectivity index (χ0) is 18.8. The molecule has 4 aliphatic rings. The first-order valence-electron chi connectivity index (χ1n) is 10.4. The molecule has 0 aromatic heterocycles. The Morgan fingerprint density at radius 3 is 2.67 bits per heavy atom. The largest absolute Gasteiger partial charge is 0.493 e. The second-order valence-corrected chi connectivity index (χ2v) is 9.28. The van der Waals surface area contributed by atoms with Crippen molar-refractivity contribution in [3.8, 4) is 0 Å². The Morgan fingerprint density at radius 2 is 1.89 bits per heavy atom. The molecule has 2 aromatic carbocycles. The van der Waals surface area contributed by atoms with Gasteiger partial charge in [0.25, 0.3) is 0 Å². The molecular weight excluding hydrogens is 335 g/mol. The number of rotatable bonds is 4. The summed E-state index contributed by atoms with van der Waals surface area (Å²) in [6, 6.07) is 14.7. The SMILES string of the molecule is CCO[C@@H](B1OC2C[C@@H]3C[C@@H](C3(C)C)[C@]2(C)O1)c1cccc2ccccc12. The van der Waals surface area contributed by atoms with E-state index in [1.807, 2.05) is 6.92 Å². The van der Waals surface area contributed by atoms with E-state index < -0.39 is 0 Å². The van der Waals surface area contributed by atoms with Gasteiger partial charge in [-0.2, -0.15) is 0 Å². The summed E-state index contributed by atoms with van der Waals surface area (Å²) in [6.45, 7) is 9.74. The van der Waals surface area contributed by atoms with Crippen LogP contribution < -0.4 is 0 Å². The molecule has 1 unspecified atom stereocenters. The summed E-state index contributed by atoms with van der Waals surface area (Å²) >= 11 is 0. The Balaban J connectivity index is 1.50. The molecule has 4 fully saturated rings. The third-order valence-corrected chi connectivity index (χ3v) is 7.69. The number of fused-ring (bicyclic) bond motifs is 1. The van der Waals surface area contributed by atoms with Crippen LogP contribution in [0, 0.1) is 17.3 Å². The summed E-state index contributed by atoms with van der Waals surface area (Å²) in [5.74, 6) is 1.32. The predicted molar refractivity (Wildman–Crippen MR) is 108 cm³/mol. The maximum Gasteiger partial charge on any atom is 0.493 e. The molecule has 27 heavy (non-hydrogen) atoms. The van der Waals surface area contributed by atoms with E-state index in [2.05, 4.69) is 63.2 Å². The highest BCUT2D eigenvalue weighted by atomic mass is 16.7. The topological polar surface area (TPSA) is 27.7 Å². The lowest BCUT2D eigenvalue weighted by Gasteiger charge is -2.64. The molecule has 1 aliphatic heterocycles. The third-order valence-electron chi connectivity index (χ3n) is 7.69. The average molecular weight is 364 g/mol. The second kappa shape index (κ2) is 6.07. The Hall–Kier alpha value is -1.36. The van der Waals surface area contributed by atoms with Crippen LogP contribution >= 0.6 is 0 Å². The molecule has 1 saturated heterocycles. The van der Waals surface area contributed by atoms with E-state index in [1.165, 1.54) is 17.2 Å². The lowest BCUT2D eigenvalue weighted by molar-refractivity contribution is -0.199. The molecular formula is C23H29BO3. The number of hydrogen-bond donors (Lipinski definition) is 0. The van der Waals surface area contributed by atoms with Crippen LogP contribution in [0.4, 0.5) is 0 Å². The van der Waals surface area contributed by atoms with Crippen LogP contribution in [0.15, 0.2) is 42.5 Å². The van der Waals surface area contributed by atoms with Crippen molar-refractivity contribution >= 4 is 17.9 Å². The van der Waals surface area contributed by atoms with Crippen molar-refractivity contribution in [3.05, 3.63) is 48.0 Å². The monoisotopic (exact) mass is 364 g/mol. The van der Waals surface area contributed by atoms with Crippen LogP contribution in [-0.4, -0.2) is 25.4 Å². The zero-order valence-electron chi connectivity index (χ0n) is 16.8. The standard InChI is InChI=1S/C23H29BO3/c1-5-25-21(18-12-8-10-15-9-6-7-11-17(15)18)24-26-20-14-16-13-19(22(16,2)3)23(20,4)27-24/h6-12,16,19-21H,5,13-14H2,1-4H3/t16-,19-,20?,21+,23-/m0/s1. The van der Waals surface area contributed by atoms with E-state index in [4.69, 9.17) is 14.0 Å². The van der Waals surface area contributed by atoms with Crippen LogP contribution in [-0.2, 0) is 14.0 Å². The molecule has 4 heteroatoms. The van der Waals surface area contributed by atoms with Crippen LogP contribution in [0.3, 0.4) is 0 Å². The Bertz CT molecular complexity index is 860. The normalized spacial score (nSPS) is 35.0. The molecule has 0 spiro atoms. The van der Waals surface area contributed by atoms with Gasteiger partial charge < -0.3 is 14.0 Å². The van der Waals surface area contributed by atoms with Gasteiger partial charge in [-0.3, -0.25) is 0 Å². The van der Waals surface area contributed by atoms with Gasteiger partial charge >= 0.3 is 7.12 Å². The third kappa shape index (κ3) is 2.46. The molecule has 5 atom stereocenters. The first kappa shape index (κ1) is 17.7. The van der Waals surface area contributed by atoms with Crippen molar-refractivity contribution in [3.63, 3.8) is 0 Å². The van der Waals surface area contributed by atoms with Gasteiger partial charge in [0.05, 0.1) is 11.7 Å². The van der Waals surface area contributed by atoms with Gasteiger partial charge in [-0.15, -0.1) is 0 Å². The highest BCUT2D eigenvalue weighted by Gasteiger charge is 2.68. The zero-order valence-corrected chi connectivity index (χ0v) is 16.8. The van der Waals surface area contributed by atoms with Gasteiger partial charge in [0, 0.05) is 6.61 Å². The summed E-state index contributed by atoms with van der Waals surface area (Å²) in [5.41, 5.74) is 1.31. The van der Waals surface area contributed by atoms with Gasteiger partial charge in [0.1, 0.15) is 6.00 Å². The molecule has 6 rings (SSSR count). The van der Waals surface area contributed by atoms with E-state index in [-0.39, 0.29) is 24.8 Å². The lowest BCUT2D eigenvalue weighted by Crippen LogP contribution is -2.65. The Kier molecular flexibility index (Phi) is 3.98. The van der Waals surface area contributed by atoms with Gasteiger partial charge in [0.2, 0.25) is 0 Å².